The van der Waals surface area contributed by atoms with E-state index in [1.165, 1.54) is 35.7 Å². The summed E-state index contributed by atoms with van der Waals surface area (Å²) in [5, 5.41) is 2.67. The molecule has 1 aromatic rings. The average molecular weight is 542 g/mol. The van der Waals surface area contributed by atoms with Crippen LogP contribution in [0.25, 0.3) is 0 Å². The molecule has 5 rings (SSSR count). The number of carbonyl (C=O) groups excluding carboxylic acids is 2. The predicted molar refractivity (Wildman–Crippen MR) is 130 cm³/mol. The number of alkyl halides is 1. The van der Waals surface area contributed by atoms with E-state index >= 15 is 0 Å². The van der Waals surface area contributed by atoms with E-state index in [1.807, 2.05) is 0 Å². The number of nitrogens with one attached hydrogen (secondary N) is 1. The molecule has 2 unspecified atom stereocenters. The molecule has 4 aliphatic carbocycles. The summed E-state index contributed by atoms with van der Waals surface area (Å²) in [6.45, 7) is 4.01. The average Bonchev–Trinajstić information content (AvgIpc) is 2.71. The highest BCUT2D eigenvalue weighted by molar-refractivity contribution is 9.10. The SMILES string of the molecule is CCN(CC)S(=O)(=O)c1ccc(NC(=O)COC(=O)CC23C[C@@H]4C[C@@H](CC(Br)(C4)C2)C3)cc1. The normalized spacial score (nSPS) is 30.4. The summed E-state index contributed by atoms with van der Waals surface area (Å²) in [6, 6.07) is 6.03. The van der Waals surface area contributed by atoms with Crippen LogP contribution in [-0.4, -0.2) is 48.6 Å². The van der Waals surface area contributed by atoms with Gasteiger partial charge in [-0.2, -0.15) is 4.31 Å². The summed E-state index contributed by atoms with van der Waals surface area (Å²) in [5.74, 6) is 0.625. The van der Waals surface area contributed by atoms with Crippen molar-refractivity contribution < 1.29 is 22.7 Å². The molecule has 0 radical (unpaired) electrons. The van der Waals surface area contributed by atoms with Crippen molar-refractivity contribution in [1.29, 1.82) is 0 Å². The van der Waals surface area contributed by atoms with E-state index in [1.54, 1.807) is 26.0 Å². The molecule has 0 aliphatic heterocycles. The van der Waals surface area contributed by atoms with E-state index in [4.69, 9.17) is 4.74 Å². The smallest absolute Gasteiger partial charge is 0.306 e. The minimum absolute atomic E-state index is 0.00727. The number of halogens is 1. The summed E-state index contributed by atoms with van der Waals surface area (Å²) >= 11 is 3.96. The summed E-state index contributed by atoms with van der Waals surface area (Å²) in [7, 11) is -3.55. The van der Waals surface area contributed by atoms with Crippen molar-refractivity contribution in [1.82, 2.24) is 4.31 Å². The Morgan fingerprint density at radius 1 is 1.09 bits per heavy atom. The van der Waals surface area contributed by atoms with Crippen molar-refractivity contribution >= 4 is 43.5 Å². The molecule has 33 heavy (non-hydrogen) atoms. The molecule has 182 valence electrons. The number of benzene rings is 1. The van der Waals surface area contributed by atoms with Crippen LogP contribution in [0.15, 0.2) is 29.2 Å². The number of carbonyl (C=O) groups is 2. The number of ether oxygens (including phenoxy) is 1. The van der Waals surface area contributed by atoms with Crippen LogP contribution < -0.4 is 5.32 Å². The molecule has 1 amide bonds. The van der Waals surface area contributed by atoms with Gasteiger partial charge in [0, 0.05) is 23.1 Å². The summed E-state index contributed by atoms with van der Waals surface area (Å²) < 4.78 is 32.0. The lowest BCUT2D eigenvalue weighted by molar-refractivity contribution is -0.153. The molecule has 4 atom stereocenters. The molecule has 4 saturated carbocycles. The zero-order valence-corrected chi connectivity index (χ0v) is 21.7. The monoisotopic (exact) mass is 540 g/mol. The minimum Gasteiger partial charge on any atom is -0.456 e. The van der Waals surface area contributed by atoms with Gasteiger partial charge in [-0.05, 0) is 80.0 Å². The third kappa shape index (κ3) is 5.30. The minimum atomic E-state index is -3.55. The van der Waals surface area contributed by atoms with Crippen LogP contribution in [-0.2, 0) is 24.3 Å². The van der Waals surface area contributed by atoms with Crippen molar-refractivity contribution in [2.75, 3.05) is 25.0 Å². The fourth-order valence-electron chi connectivity index (χ4n) is 6.67. The van der Waals surface area contributed by atoms with Gasteiger partial charge >= 0.3 is 5.97 Å². The van der Waals surface area contributed by atoms with Gasteiger partial charge in [0.15, 0.2) is 6.61 Å². The molecule has 1 N–H and O–H groups in total. The molecule has 0 aromatic heterocycles. The number of anilines is 1. The Hall–Kier alpha value is -1.45. The molecule has 0 saturated heterocycles. The van der Waals surface area contributed by atoms with E-state index in [9.17, 15) is 18.0 Å². The number of hydrogen-bond acceptors (Lipinski definition) is 5. The van der Waals surface area contributed by atoms with Gasteiger partial charge < -0.3 is 10.1 Å². The summed E-state index contributed by atoms with van der Waals surface area (Å²) in [5.41, 5.74) is 0.463. The molecule has 9 heteroatoms. The number of sulfonamides is 1. The van der Waals surface area contributed by atoms with Gasteiger partial charge in [-0.25, -0.2) is 8.42 Å². The summed E-state index contributed by atoms with van der Waals surface area (Å²) in [6.07, 6.45) is 7.24. The number of nitrogens with zero attached hydrogens (tertiary/aromatic N) is 1. The standard InChI is InChI=1S/C24H33BrN2O5S/c1-3-27(4-2)33(30,31)20-7-5-19(6-8-20)26-21(28)15-32-22(29)14-23-10-17-9-18(11-23)13-24(25,12-17)16-23/h5-8,17-18H,3-4,9-16H2,1-2H3,(H,26,28)/t17-,18+,23?,24?. The van der Waals surface area contributed by atoms with Gasteiger partial charge in [-0.1, -0.05) is 29.8 Å². The molecular formula is C24H33BrN2O5S. The van der Waals surface area contributed by atoms with E-state index < -0.39 is 15.9 Å². The Bertz CT molecular complexity index is 992. The largest absolute Gasteiger partial charge is 0.456 e. The third-order valence-electron chi connectivity index (χ3n) is 7.48. The Labute approximate surface area is 204 Å². The van der Waals surface area contributed by atoms with Crippen molar-refractivity contribution in [2.45, 2.75) is 68.0 Å². The van der Waals surface area contributed by atoms with Crippen LogP contribution in [0, 0.1) is 17.3 Å². The highest BCUT2D eigenvalue weighted by Gasteiger charge is 2.57. The van der Waals surface area contributed by atoms with E-state index in [2.05, 4.69) is 21.2 Å². The molecule has 0 heterocycles. The maximum absolute atomic E-state index is 12.6. The molecule has 7 nitrogen and oxygen atoms in total. The topological polar surface area (TPSA) is 92.8 Å². The Balaban J connectivity index is 1.28. The second kappa shape index (κ2) is 9.30. The van der Waals surface area contributed by atoms with Crippen LogP contribution in [0.4, 0.5) is 5.69 Å². The van der Waals surface area contributed by atoms with Gasteiger partial charge in [0.2, 0.25) is 10.0 Å². The van der Waals surface area contributed by atoms with Gasteiger partial charge in [0.25, 0.3) is 5.91 Å². The van der Waals surface area contributed by atoms with Crippen LogP contribution in [0.5, 0.6) is 0 Å². The Kier molecular flexibility index (Phi) is 6.95. The van der Waals surface area contributed by atoms with Gasteiger partial charge in [0.05, 0.1) is 11.3 Å². The zero-order valence-electron chi connectivity index (χ0n) is 19.3. The quantitative estimate of drug-likeness (QED) is 0.371. The van der Waals surface area contributed by atoms with Gasteiger partial charge in [-0.15, -0.1) is 0 Å². The van der Waals surface area contributed by atoms with Crippen molar-refractivity contribution in [2.24, 2.45) is 17.3 Å². The number of hydrogen-bond donors (Lipinski definition) is 1. The van der Waals surface area contributed by atoms with Crippen molar-refractivity contribution in [3.05, 3.63) is 24.3 Å². The molecule has 4 fully saturated rings. The third-order valence-corrected chi connectivity index (χ3v) is 10.5. The number of amides is 1. The van der Waals surface area contributed by atoms with Gasteiger partial charge in [-0.3, -0.25) is 9.59 Å². The predicted octanol–water partition coefficient (Wildman–Crippen LogP) is 4.32. The number of rotatable bonds is 9. The fourth-order valence-corrected chi connectivity index (χ4v) is 9.63. The van der Waals surface area contributed by atoms with Crippen LogP contribution in [0.1, 0.15) is 58.8 Å². The maximum atomic E-state index is 12.6. The molecule has 4 aliphatic rings. The maximum Gasteiger partial charge on any atom is 0.306 e. The zero-order chi connectivity index (χ0) is 23.9. The highest BCUT2D eigenvalue weighted by atomic mass is 79.9. The molecule has 0 spiro atoms. The van der Waals surface area contributed by atoms with Crippen LogP contribution >= 0.6 is 15.9 Å². The summed E-state index contributed by atoms with van der Waals surface area (Å²) in [4.78, 5) is 25.0. The fraction of sp³-hybridized carbons (Fsp3) is 0.667. The van der Waals surface area contributed by atoms with Gasteiger partial charge in [0.1, 0.15) is 0 Å². The highest BCUT2D eigenvalue weighted by Crippen LogP contribution is 2.65. The Morgan fingerprint density at radius 2 is 1.70 bits per heavy atom. The number of esters is 1. The second-order valence-corrected chi connectivity index (χ2v) is 13.7. The molecular weight excluding hydrogens is 508 g/mol. The van der Waals surface area contributed by atoms with Crippen LogP contribution in [0.3, 0.4) is 0 Å². The van der Waals surface area contributed by atoms with Crippen molar-refractivity contribution in [3.8, 4) is 0 Å². The lowest BCUT2D eigenvalue weighted by Crippen LogP contribution is -2.53. The second-order valence-electron chi connectivity index (χ2n) is 10.1. The van der Waals surface area contributed by atoms with E-state index in [0.29, 0.717) is 37.0 Å². The first-order chi connectivity index (χ1) is 15.6. The molecule has 4 bridgehead atoms. The molecule has 1 aromatic carbocycles. The first-order valence-electron chi connectivity index (χ1n) is 11.8. The van der Waals surface area contributed by atoms with Crippen LogP contribution in [0.2, 0.25) is 0 Å². The first kappa shape index (κ1) is 24.7. The first-order valence-corrected chi connectivity index (χ1v) is 14.0. The lowest BCUT2D eigenvalue weighted by atomic mass is 9.49. The van der Waals surface area contributed by atoms with E-state index in [0.717, 1.165) is 19.3 Å². The lowest BCUT2D eigenvalue weighted by Gasteiger charge is -2.60. The van der Waals surface area contributed by atoms with E-state index in [-0.39, 0.29) is 27.2 Å². The van der Waals surface area contributed by atoms with Crippen molar-refractivity contribution in [3.63, 3.8) is 0 Å². The Morgan fingerprint density at radius 3 is 2.24 bits per heavy atom.